The number of nitrogens with two attached hydrogens (primary N) is 1. The van der Waals surface area contributed by atoms with E-state index in [-0.39, 0.29) is 0 Å². The first-order chi connectivity index (χ1) is 5.72. The Kier molecular flexibility index (Phi) is 2.69. The fraction of sp³-hybridized carbons (Fsp3) is 0.222. The highest BCUT2D eigenvalue weighted by atomic mass is 16.2. The van der Waals surface area contributed by atoms with Crippen molar-refractivity contribution in [2.24, 2.45) is 5.73 Å². The molecule has 0 saturated carbocycles. The molecule has 1 aromatic carbocycles. The Morgan fingerprint density at radius 2 is 2.00 bits per heavy atom. The first-order valence-electron chi connectivity index (χ1n) is 3.87. The second-order valence-corrected chi connectivity index (χ2v) is 2.54. The average Bonchev–Trinajstić information content (AvgIpc) is 2.05. The van der Waals surface area contributed by atoms with Gasteiger partial charge in [-0.1, -0.05) is 19.1 Å². The predicted molar refractivity (Wildman–Crippen MR) is 49.0 cm³/mol. The van der Waals surface area contributed by atoms with Crippen LogP contribution in [0.5, 0.6) is 0 Å². The quantitative estimate of drug-likeness (QED) is 0.687. The van der Waals surface area contributed by atoms with Crippen LogP contribution in [0.3, 0.4) is 0 Å². The number of hydrogen-bond donors (Lipinski definition) is 2. The first kappa shape index (κ1) is 8.59. The van der Waals surface area contributed by atoms with Crippen LogP contribution in [-0.4, -0.2) is 6.03 Å². The zero-order valence-electron chi connectivity index (χ0n) is 7.00. The highest BCUT2D eigenvalue weighted by Gasteiger charge is 1.94. The third kappa shape index (κ3) is 2.27. The Labute approximate surface area is 71.6 Å². The van der Waals surface area contributed by atoms with Gasteiger partial charge in [0.25, 0.3) is 0 Å². The van der Waals surface area contributed by atoms with Crippen LogP contribution >= 0.6 is 0 Å². The van der Waals surface area contributed by atoms with E-state index in [1.54, 1.807) is 0 Å². The van der Waals surface area contributed by atoms with Gasteiger partial charge in [0, 0.05) is 5.69 Å². The van der Waals surface area contributed by atoms with Gasteiger partial charge in [0.1, 0.15) is 0 Å². The summed E-state index contributed by atoms with van der Waals surface area (Å²) in [4.78, 5) is 10.4. The van der Waals surface area contributed by atoms with Gasteiger partial charge in [-0.3, -0.25) is 0 Å². The zero-order valence-corrected chi connectivity index (χ0v) is 7.00. The lowest BCUT2D eigenvalue weighted by Crippen LogP contribution is -2.19. The summed E-state index contributed by atoms with van der Waals surface area (Å²) in [6.07, 6.45) is 0.997. The molecule has 0 aliphatic rings. The number of hydrogen-bond acceptors (Lipinski definition) is 1. The molecule has 0 aromatic heterocycles. The highest BCUT2D eigenvalue weighted by Crippen LogP contribution is 2.08. The highest BCUT2D eigenvalue weighted by molar-refractivity contribution is 5.87. The number of aryl methyl sites for hydroxylation is 1. The van der Waals surface area contributed by atoms with Crippen molar-refractivity contribution in [2.75, 3.05) is 5.32 Å². The van der Waals surface area contributed by atoms with Crippen LogP contribution in [0.2, 0.25) is 0 Å². The maximum Gasteiger partial charge on any atom is 0.316 e. The molecule has 2 amide bonds. The van der Waals surface area contributed by atoms with Gasteiger partial charge in [0.15, 0.2) is 0 Å². The largest absolute Gasteiger partial charge is 0.351 e. The lowest BCUT2D eigenvalue weighted by molar-refractivity contribution is 0.259. The third-order valence-corrected chi connectivity index (χ3v) is 1.63. The van der Waals surface area contributed by atoms with Crippen molar-refractivity contribution in [3.8, 4) is 0 Å². The molecule has 0 spiro atoms. The fourth-order valence-electron chi connectivity index (χ4n) is 0.966. The molecule has 0 radical (unpaired) electrons. The van der Waals surface area contributed by atoms with Crippen LogP contribution < -0.4 is 11.1 Å². The van der Waals surface area contributed by atoms with Gasteiger partial charge >= 0.3 is 6.03 Å². The zero-order chi connectivity index (χ0) is 8.97. The summed E-state index contributed by atoms with van der Waals surface area (Å²) in [5.74, 6) is 0. The van der Waals surface area contributed by atoms with Gasteiger partial charge in [-0.25, -0.2) is 4.79 Å². The summed E-state index contributed by atoms with van der Waals surface area (Å²) in [5, 5.41) is 2.49. The Bertz CT molecular complexity index is 266. The van der Waals surface area contributed by atoms with E-state index in [9.17, 15) is 4.79 Å². The topological polar surface area (TPSA) is 55.1 Å². The summed E-state index contributed by atoms with van der Waals surface area (Å²) in [6.45, 7) is 2.08. The lowest BCUT2D eigenvalue weighted by Gasteiger charge is -2.01. The van der Waals surface area contributed by atoms with Crippen molar-refractivity contribution < 1.29 is 4.79 Å². The van der Waals surface area contributed by atoms with Crippen molar-refractivity contribution in [2.45, 2.75) is 13.3 Å². The van der Waals surface area contributed by atoms with Crippen molar-refractivity contribution in [1.29, 1.82) is 0 Å². The molecule has 3 N–H and O–H groups in total. The fourth-order valence-corrected chi connectivity index (χ4v) is 0.966. The number of rotatable bonds is 2. The molecule has 0 heterocycles. The minimum absolute atomic E-state index is 0.528. The monoisotopic (exact) mass is 164 g/mol. The molecular weight excluding hydrogens is 152 g/mol. The number of carbonyl (C=O) groups excluding carboxylic acids is 1. The number of carbonyl (C=O) groups is 1. The molecule has 0 unspecified atom stereocenters. The Morgan fingerprint density at radius 3 is 2.42 bits per heavy atom. The molecule has 3 heteroatoms. The molecular formula is C9H12N2O. The molecule has 0 bridgehead atoms. The summed E-state index contributed by atoms with van der Waals surface area (Å²) >= 11 is 0. The van der Waals surface area contributed by atoms with Crippen molar-refractivity contribution in [3.63, 3.8) is 0 Å². The minimum Gasteiger partial charge on any atom is -0.351 e. The smallest absolute Gasteiger partial charge is 0.316 e. The second kappa shape index (κ2) is 3.76. The number of amides is 2. The normalized spacial score (nSPS) is 9.42. The average molecular weight is 164 g/mol. The van der Waals surface area contributed by atoms with Gasteiger partial charge in [0.05, 0.1) is 0 Å². The van der Waals surface area contributed by atoms with Gasteiger partial charge in [0.2, 0.25) is 0 Å². The van der Waals surface area contributed by atoms with Crippen LogP contribution in [0.4, 0.5) is 10.5 Å². The van der Waals surface area contributed by atoms with Crippen molar-refractivity contribution >= 4 is 11.7 Å². The second-order valence-electron chi connectivity index (χ2n) is 2.54. The molecule has 0 aliphatic carbocycles. The van der Waals surface area contributed by atoms with Crippen LogP contribution in [-0.2, 0) is 6.42 Å². The maximum atomic E-state index is 10.4. The van der Waals surface area contributed by atoms with Gasteiger partial charge < -0.3 is 11.1 Å². The first-order valence-corrected chi connectivity index (χ1v) is 3.87. The van der Waals surface area contributed by atoms with Crippen LogP contribution in [0.25, 0.3) is 0 Å². The molecule has 0 atom stereocenters. The minimum atomic E-state index is -0.528. The van der Waals surface area contributed by atoms with E-state index in [2.05, 4.69) is 12.2 Å². The van der Waals surface area contributed by atoms with Crippen molar-refractivity contribution in [3.05, 3.63) is 29.8 Å². The SMILES string of the molecule is CCc1ccc(NC(N)=O)cc1. The number of urea groups is 1. The molecule has 0 aliphatic heterocycles. The molecule has 3 nitrogen and oxygen atoms in total. The molecule has 1 aromatic rings. The number of anilines is 1. The van der Waals surface area contributed by atoms with Crippen molar-refractivity contribution in [1.82, 2.24) is 0 Å². The number of primary amides is 1. The summed E-state index contributed by atoms with van der Waals surface area (Å²) in [7, 11) is 0. The van der Waals surface area contributed by atoms with Gasteiger partial charge in [-0.05, 0) is 24.1 Å². The van der Waals surface area contributed by atoms with E-state index < -0.39 is 6.03 Å². The van der Waals surface area contributed by atoms with E-state index in [1.807, 2.05) is 24.3 Å². The van der Waals surface area contributed by atoms with E-state index in [0.717, 1.165) is 12.1 Å². The van der Waals surface area contributed by atoms with Gasteiger partial charge in [-0.2, -0.15) is 0 Å². The predicted octanol–water partition coefficient (Wildman–Crippen LogP) is 1.74. The summed E-state index contributed by atoms with van der Waals surface area (Å²) < 4.78 is 0. The molecule has 0 saturated heterocycles. The Morgan fingerprint density at radius 1 is 1.42 bits per heavy atom. The number of nitrogens with one attached hydrogen (secondary N) is 1. The van der Waals surface area contributed by atoms with Crippen LogP contribution in [0, 0.1) is 0 Å². The summed E-state index contributed by atoms with van der Waals surface area (Å²) in [5.41, 5.74) is 6.92. The molecule has 1 rings (SSSR count). The molecule has 64 valence electrons. The maximum absolute atomic E-state index is 10.4. The van der Waals surface area contributed by atoms with E-state index >= 15 is 0 Å². The van der Waals surface area contributed by atoms with Crippen LogP contribution in [0.15, 0.2) is 24.3 Å². The Balaban J connectivity index is 2.71. The van der Waals surface area contributed by atoms with E-state index in [0.29, 0.717) is 0 Å². The number of benzene rings is 1. The lowest BCUT2D eigenvalue weighted by atomic mass is 10.1. The molecule has 0 fully saturated rings. The standard InChI is InChI=1S/C9H12N2O/c1-2-7-3-5-8(6-4-7)11-9(10)12/h3-6H,2H2,1H3,(H3,10,11,12). The van der Waals surface area contributed by atoms with E-state index in [1.165, 1.54) is 5.56 Å². The Hall–Kier alpha value is -1.51. The molecule has 12 heavy (non-hydrogen) atoms. The van der Waals surface area contributed by atoms with E-state index in [4.69, 9.17) is 5.73 Å². The third-order valence-electron chi connectivity index (χ3n) is 1.63. The van der Waals surface area contributed by atoms with Gasteiger partial charge in [-0.15, -0.1) is 0 Å². The van der Waals surface area contributed by atoms with Crippen LogP contribution in [0.1, 0.15) is 12.5 Å². The summed E-state index contributed by atoms with van der Waals surface area (Å²) in [6, 6.07) is 7.07.